The summed E-state index contributed by atoms with van der Waals surface area (Å²) in [5, 5.41) is 0. The Kier molecular flexibility index (Phi) is 7.20. The van der Waals surface area contributed by atoms with Gasteiger partial charge in [0.15, 0.2) is 0 Å². The Morgan fingerprint density at radius 1 is 0.510 bits per heavy atom. The van der Waals surface area contributed by atoms with Gasteiger partial charge in [0.05, 0.1) is 0 Å². The second kappa shape index (κ2) is 11.2. The molecule has 0 bridgehead atoms. The predicted octanol–water partition coefficient (Wildman–Crippen LogP) is 13.3. The first-order chi connectivity index (χ1) is 23.3. The average molecular weight is 637 g/mol. The first-order valence-electron chi connectivity index (χ1n) is 18.0. The lowest BCUT2D eigenvalue weighted by atomic mass is 9.71. The molecule has 0 heteroatoms. The first-order valence-corrected chi connectivity index (χ1v) is 18.0. The van der Waals surface area contributed by atoms with Gasteiger partial charge >= 0.3 is 0 Å². The van der Waals surface area contributed by atoms with E-state index in [4.69, 9.17) is 0 Å². The van der Waals surface area contributed by atoms with E-state index in [0.717, 1.165) is 6.42 Å². The van der Waals surface area contributed by atoms with Crippen LogP contribution in [0.15, 0.2) is 127 Å². The fourth-order valence-electron chi connectivity index (χ4n) is 8.58. The summed E-state index contributed by atoms with van der Waals surface area (Å²) in [6.45, 7) is 19.0. The summed E-state index contributed by atoms with van der Waals surface area (Å²) in [4.78, 5) is 0. The van der Waals surface area contributed by atoms with E-state index in [1.54, 1.807) is 0 Å². The van der Waals surface area contributed by atoms with E-state index in [-0.39, 0.29) is 16.2 Å². The second-order valence-corrected chi connectivity index (χ2v) is 17.0. The molecule has 0 aliphatic heterocycles. The second-order valence-electron chi connectivity index (χ2n) is 17.0. The third-order valence-corrected chi connectivity index (χ3v) is 11.3. The van der Waals surface area contributed by atoms with Crippen molar-refractivity contribution in [2.75, 3.05) is 0 Å². The number of hydrogen-bond donors (Lipinski definition) is 0. The van der Waals surface area contributed by atoms with Gasteiger partial charge in [0.25, 0.3) is 0 Å². The van der Waals surface area contributed by atoms with Crippen molar-refractivity contribution in [3.05, 3.63) is 166 Å². The summed E-state index contributed by atoms with van der Waals surface area (Å²) in [6.07, 6.45) is 1.01. The lowest BCUT2D eigenvalue weighted by Crippen LogP contribution is -2.24. The summed E-state index contributed by atoms with van der Waals surface area (Å²) in [6, 6.07) is 48.5. The molecule has 2 aliphatic carbocycles. The fraction of sp³-hybridized carbons (Fsp3) is 0.265. The van der Waals surface area contributed by atoms with Gasteiger partial charge in [0, 0.05) is 11.3 Å². The molecule has 0 fully saturated rings. The van der Waals surface area contributed by atoms with Gasteiger partial charge in [-0.1, -0.05) is 165 Å². The number of hydrogen-bond acceptors (Lipinski definition) is 0. The Bertz CT molecular complexity index is 2220. The molecule has 0 saturated heterocycles. The summed E-state index contributed by atoms with van der Waals surface area (Å²) in [5.41, 5.74) is 20.7. The molecular weight excluding hydrogens is 589 g/mol. The molecule has 0 heterocycles. The average Bonchev–Trinajstić information content (AvgIpc) is 3.32. The maximum atomic E-state index is 2.50. The molecule has 0 nitrogen and oxygen atoms in total. The third-order valence-electron chi connectivity index (χ3n) is 11.3. The van der Waals surface area contributed by atoms with Gasteiger partial charge in [-0.05, 0) is 119 Å². The molecule has 49 heavy (non-hydrogen) atoms. The largest absolute Gasteiger partial charge is 0.0622 e. The van der Waals surface area contributed by atoms with Gasteiger partial charge in [0.2, 0.25) is 0 Å². The van der Waals surface area contributed by atoms with Gasteiger partial charge in [0.1, 0.15) is 0 Å². The maximum absolute atomic E-state index is 2.50. The van der Waals surface area contributed by atoms with Gasteiger partial charge < -0.3 is 0 Å². The Balaban J connectivity index is 1.29. The lowest BCUT2D eigenvalue weighted by molar-refractivity contribution is 0.545. The molecule has 0 radical (unpaired) electrons. The van der Waals surface area contributed by atoms with Gasteiger partial charge in [-0.15, -0.1) is 0 Å². The minimum absolute atomic E-state index is 0.0512. The van der Waals surface area contributed by atoms with Crippen LogP contribution in [0.2, 0.25) is 0 Å². The molecule has 0 aromatic heterocycles. The number of benzene rings is 6. The molecule has 0 spiro atoms. The zero-order valence-electron chi connectivity index (χ0n) is 30.4. The minimum Gasteiger partial charge on any atom is -0.0622 e. The van der Waals surface area contributed by atoms with Crippen LogP contribution in [0.4, 0.5) is 0 Å². The van der Waals surface area contributed by atoms with Crippen molar-refractivity contribution in [3.8, 4) is 44.5 Å². The molecule has 0 amide bonds. The molecule has 6 aromatic carbocycles. The molecule has 244 valence electrons. The highest BCUT2D eigenvalue weighted by Crippen LogP contribution is 2.54. The highest BCUT2D eigenvalue weighted by atomic mass is 14.4. The standard InChI is InChI=1S/C49H48/c1-47(2,3)37-29-43-42-27-35(22-24-44(42)49(7,8)46(43)45(30-37)48(4,5)6)34-19-20-36-28-39(32-17-13-10-14-18-32)38-23-21-33(26-41(38)40(36)25-34)31-15-11-9-12-16-31/h9-27,29-30,39H,28H2,1-8H3. The van der Waals surface area contributed by atoms with Crippen LogP contribution >= 0.6 is 0 Å². The van der Waals surface area contributed by atoms with Crippen molar-refractivity contribution >= 4 is 0 Å². The summed E-state index contributed by atoms with van der Waals surface area (Å²) >= 11 is 0. The molecule has 1 unspecified atom stereocenters. The minimum atomic E-state index is -0.0582. The Labute approximate surface area is 293 Å². The molecular formula is C49H48. The van der Waals surface area contributed by atoms with Crippen LogP contribution in [-0.2, 0) is 22.7 Å². The van der Waals surface area contributed by atoms with Crippen molar-refractivity contribution in [1.82, 2.24) is 0 Å². The monoisotopic (exact) mass is 636 g/mol. The normalized spacial score (nSPS) is 16.0. The van der Waals surface area contributed by atoms with E-state index in [1.807, 2.05) is 0 Å². The predicted molar refractivity (Wildman–Crippen MR) is 210 cm³/mol. The number of rotatable bonds is 3. The van der Waals surface area contributed by atoms with E-state index >= 15 is 0 Å². The summed E-state index contributed by atoms with van der Waals surface area (Å²) in [7, 11) is 0. The third kappa shape index (κ3) is 5.28. The first kappa shape index (κ1) is 31.6. The van der Waals surface area contributed by atoms with E-state index in [9.17, 15) is 0 Å². The van der Waals surface area contributed by atoms with E-state index < -0.39 is 0 Å². The lowest BCUT2D eigenvalue weighted by Gasteiger charge is -2.32. The molecule has 6 aromatic rings. The van der Waals surface area contributed by atoms with Crippen molar-refractivity contribution in [3.63, 3.8) is 0 Å². The van der Waals surface area contributed by atoms with Crippen molar-refractivity contribution in [2.45, 2.75) is 84.0 Å². The number of fused-ring (bicyclic) bond motifs is 6. The maximum Gasteiger partial charge on any atom is 0.0161 e. The van der Waals surface area contributed by atoms with Crippen LogP contribution in [0, 0.1) is 0 Å². The highest BCUT2D eigenvalue weighted by molar-refractivity contribution is 5.88. The molecule has 1 atom stereocenters. The summed E-state index contributed by atoms with van der Waals surface area (Å²) in [5.74, 6) is 0.340. The van der Waals surface area contributed by atoms with Gasteiger partial charge in [-0.25, -0.2) is 0 Å². The van der Waals surface area contributed by atoms with Gasteiger partial charge in [-0.3, -0.25) is 0 Å². The molecule has 0 N–H and O–H groups in total. The van der Waals surface area contributed by atoms with Crippen LogP contribution < -0.4 is 0 Å². The van der Waals surface area contributed by atoms with Crippen LogP contribution in [0.25, 0.3) is 44.5 Å². The van der Waals surface area contributed by atoms with Crippen LogP contribution in [0.5, 0.6) is 0 Å². The quantitative estimate of drug-likeness (QED) is 0.181. The molecule has 2 aliphatic rings. The summed E-state index contributed by atoms with van der Waals surface area (Å²) < 4.78 is 0. The molecule has 0 saturated carbocycles. The van der Waals surface area contributed by atoms with Crippen molar-refractivity contribution in [2.24, 2.45) is 0 Å². The fourth-order valence-corrected chi connectivity index (χ4v) is 8.58. The van der Waals surface area contributed by atoms with Crippen LogP contribution in [0.1, 0.15) is 100 Å². The topological polar surface area (TPSA) is 0 Å². The van der Waals surface area contributed by atoms with E-state index in [0.29, 0.717) is 5.92 Å². The van der Waals surface area contributed by atoms with Crippen LogP contribution in [-0.4, -0.2) is 0 Å². The van der Waals surface area contributed by atoms with E-state index in [1.165, 1.54) is 83.5 Å². The molecule has 8 rings (SSSR count). The highest BCUT2D eigenvalue weighted by Gasteiger charge is 2.40. The smallest absolute Gasteiger partial charge is 0.0161 e. The SMILES string of the molecule is CC(C)(C)c1cc2c(c(C(C)(C)C)c1)C(C)(C)c1ccc(-c3ccc4c(c3)-c3cc(-c5ccccc5)ccc3C(c3ccccc3)C4)cc1-2. The Morgan fingerprint density at radius 3 is 1.78 bits per heavy atom. The zero-order valence-corrected chi connectivity index (χ0v) is 30.4. The van der Waals surface area contributed by atoms with Crippen LogP contribution in [0.3, 0.4) is 0 Å². The Hall–Kier alpha value is -4.68. The van der Waals surface area contributed by atoms with Crippen molar-refractivity contribution < 1.29 is 0 Å². The Morgan fingerprint density at radius 2 is 1.10 bits per heavy atom. The van der Waals surface area contributed by atoms with E-state index in [2.05, 4.69) is 183 Å². The zero-order chi connectivity index (χ0) is 34.3. The van der Waals surface area contributed by atoms with Crippen molar-refractivity contribution in [1.29, 1.82) is 0 Å². The van der Waals surface area contributed by atoms with Gasteiger partial charge in [-0.2, -0.15) is 0 Å².